The fourth-order valence-corrected chi connectivity index (χ4v) is 2.73. The zero-order valence-electron chi connectivity index (χ0n) is 11.8. The quantitative estimate of drug-likeness (QED) is 0.927. The minimum absolute atomic E-state index is 0.0103. The number of nitrogens with zero attached hydrogens (tertiary/aromatic N) is 2. The van der Waals surface area contributed by atoms with E-state index in [1.165, 1.54) is 6.07 Å². The summed E-state index contributed by atoms with van der Waals surface area (Å²) in [6.07, 6.45) is -3.97. The van der Waals surface area contributed by atoms with Gasteiger partial charge in [0.2, 0.25) is 0 Å². The van der Waals surface area contributed by atoms with E-state index in [1.807, 2.05) is 11.9 Å². The molecule has 1 aliphatic heterocycles. The largest absolute Gasteiger partial charge is 0.488 e. The molecule has 0 saturated carbocycles. The lowest BCUT2D eigenvalue weighted by Gasteiger charge is -2.18. The summed E-state index contributed by atoms with van der Waals surface area (Å²) in [4.78, 5) is 8.78. The molecule has 1 aromatic carbocycles. The van der Waals surface area contributed by atoms with E-state index in [9.17, 15) is 13.2 Å². The zero-order valence-corrected chi connectivity index (χ0v) is 11.8. The van der Waals surface area contributed by atoms with Crippen molar-refractivity contribution >= 4 is 11.0 Å². The number of benzene rings is 1. The third-order valence-corrected chi connectivity index (χ3v) is 3.66. The molecule has 0 unspecified atom stereocenters. The summed E-state index contributed by atoms with van der Waals surface area (Å²) in [7, 11) is 1.93. The Morgan fingerprint density at radius 3 is 2.76 bits per heavy atom. The van der Waals surface area contributed by atoms with Crippen molar-refractivity contribution in [3.8, 4) is 5.75 Å². The summed E-state index contributed by atoms with van der Waals surface area (Å²) in [5.41, 5.74) is -0.477. The van der Waals surface area contributed by atoms with E-state index in [4.69, 9.17) is 4.74 Å². The third-order valence-electron chi connectivity index (χ3n) is 3.66. The molecule has 1 aliphatic rings. The van der Waals surface area contributed by atoms with Gasteiger partial charge < -0.3 is 14.6 Å². The number of ether oxygens (including phenoxy) is 1. The Hall–Kier alpha value is -1.76. The number of H-pyrrole nitrogens is 1. The van der Waals surface area contributed by atoms with Gasteiger partial charge in [-0.3, -0.25) is 0 Å². The van der Waals surface area contributed by atoms with Crippen molar-refractivity contribution in [3.63, 3.8) is 0 Å². The number of likely N-dealkylation sites (tertiary alicyclic amines) is 1. The number of likely N-dealkylation sites (N-methyl/N-ethyl adjacent to an activating group) is 1. The predicted molar refractivity (Wildman–Crippen MR) is 72.4 cm³/mol. The van der Waals surface area contributed by atoms with Gasteiger partial charge in [-0.05, 0) is 32.5 Å². The molecule has 1 aromatic heterocycles. The van der Waals surface area contributed by atoms with E-state index in [-0.39, 0.29) is 17.4 Å². The molecule has 0 aliphatic carbocycles. The molecule has 114 valence electrons. The van der Waals surface area contributed by atoms with E-state index in [0.717, 1.165) is 13.0 Å². The van der Waals surface area contributed by atoms with Gasteiger partial charge in [-0.2, -0.15) is 13.2 Å². The van der Waals surface area contributed by atoms with Gasteiger partial charge in [0.25, 0.3) is 0 Å². The third kappa shape index (κ3) is 2.70. The molecule has 2 heterocycles. The first kappa shape index (κ1) is 14.2. The van der Waals surface area contributed by atoms with Crippen molar-refractivity contribution in [3.05, 3.63) is 23.5 Å². The number of aryl methyl sites for hydroxylation is 1. The number of alkyl halides is 3. The minimum Gasteiger partial charge on any atom is -0.488 e. The Kier molecular flexibility index (Phi) is 3.32. The highest BCUT2D eigenvalue weighted by Crippen LogP contribution is 2.41. The SMILES string of the molecule is Cc1nc2ccc(O[C@@H]3CCN(C)C3)c(C(F)(F)F)c2[nH]1. The summed E-state index contributed by atoms with van der Waals surface area (Å²) >= 11 is 0. The lowest BCUT2D eigenvalue weighted by Crippen LogP contribution is -2.23. The predicted octanol–water partition coefficient (Wildman–Crippen LogP) is 2.97. The van der Waals surface area contributed by atoms with Crippen molar-refractivity contribution in [2.45, 2.75) is 25.6 Å². The topological polar surface area (TPSA) is 41.1 Å². The van der Waals surface area contributed by atoms with Crippen LogP contribution in [0.4, 0.5) is 13.2 Å². The second-order valence-electron chi connectivity index (χ2n) is 5.44. The van der Waals surface area contributed by atoms with Crippen LogP contribution in [0.2, 0.25) is 0 Å². The molecule has 0 bridgehead atoms. The molecule has 7 heteroatoms. The first-order chi connectivity index (χ1) is 9.84. The smallest absolute Gasteiger partial charge is 0.422 e. The maximum absolute atomic E-state index is 13.4. The maximum Gasteiger partial charge on any atom is 0.422 e. The average Bonchev–Trinajstić information content (AvgIpc) is 2.92. The van der Waals surface area contributed by atoms with Crippen molar-refractivity contribution in [1.82, 2.24) is 14.9 Å². The Morgan fingerprint density at radius 2 is 2.14 bits per heavy atom. The van der Waals surface area contributed by atoms with Crippen LogP contribution in [0.5, 0.6) is 5.75 Å². The van der Waals surface area contributed by atoms with Gasteiger partial charge in [-0.15, -0.1) is 0 Å². The molecule has 2 aromatic rings. The molecule has 0 radical (unpaired) electrons. The number of halogens is 3. The molecule has 21 heavy (non-hydrogen) atoms. The summed E-state index contributed by atoms with van der Waals surface area (Å²) in [6, 6.07) is 2.92. The number of aromatic amines is 1. The van der Waals surface area contributed by atoms with Gasteiger partial charge in [0.15, 0.2) is 0 Å². The Bertz CT molecular complexity index is 665. The fraction of sp³-hybridized carbons (Fsp3) is 0.500. The monoisotopic (exact) mass is 299 g/mol. The lowest BCUT2D eigenvalue weighted by atomic mass is 10.1. The molecule has 1 N–H and O–H groups in total. The first-order valence-electron chi connectivity index (χ1n) is 6.76. The number of imidazole rings is 1. The summed E-state index contributed by atoms with van der Waals surface area (Å²) in [5.74, 6) is 0.326. The van der Waals surface area contributed by atoms with E-state index in [1.54, 1.807) is 13.0 Å². The zero-order chi connectivity index (χ0) is 15.2. The average molecular weight is 299 g/mol. The van der Waals surface area contributed by atoms with Crippen molar-refractivity contribution < 1.29 is 17.9 Å². The summed E-state index contributed by atoms with van der Waals surface area (Å²) < 4.78 is 45.8. The second-order valence-corrected chi connectivity index (χ2v) is 5.44. The number of aromatic nitrogens is 2. The molecule has 1 saturated heterocycles. The maximum atomic E-state index is 13.4. The van der Waals surface area contributed by atoms with Crippen LogP contribution in [-0.2, 0) is 6.18 Å². The number of nitrogens with one attached hydrogen (secondary N) is 1. The molecular weight excluding hydrogens is 283 g/mol. The highest BCUT2D eigenvalue weighted by Gasteiger charge is 2.38. The van der Waals surface area contributed by atoms with Gasteiger partial charge in [0.05, 0.1) is 11.0 Å². The summed E-state index contributed by atoms with van der Waals surface area (Å²) in [5, 5.41) is 0. The Balaban J connectivity index is 2.04. The van der Waals surface area contributed by atoms with Crippen LogP contribution in [-0.4, -0.2) is 41.1 Å². The van der Waals surface area contributed by atoms with Crippen molar-refractivity contribution in [2.75, 3.05) is 20.1 Å². The lowest BCUT2D eigenvalue weighted by molar-refractivity contribution is -0.138. The standard InChI is InChI=1S/C14H16F3N3O/c1-8-18-10-3-4-11(21-9-5-6-20(2)7-9)12(13(10)19-8)14(15,16)17/h3-4,9H,5-7H2,1-2H3,(H,18,19)/t9-/m1/s1. The van der Waals surface area contributed by atoms with E-state index in [2.05, 4.69) is 9.97 Å². The number of fused-ring (bicyclic) bond motifs is 1. The Morgan fingerprint density at radius 1 is 1.38 bits per heavy atom. The van der Waals surface area contributed by atoms with Crippen LogP contribution in [0.3, 0.4) is 0 Å². The van der Waals surface area contributed by atoms with Crippen LogP contribution in [0.25, 0.3) is 11.0 Å². The molecule has 3 rings (SSSR count). The highest BCUT2D eigenvalue weighted by molar-refractivity contribution is 5.82. The molecule has 0 spiro atoms. The van der Waals surface area contributed by atoms with Gasteiger partial charge in [-0.25, -0.2) is 4.98 Å². The second kappa shape index (κ2) is 4.91. The molecular formula is C14H16F3N3O. The minimum atomic E-state index is -4.49. The Labute approximate surface area is 119 Å². The normalized spacial score (nSPS) is 20.3. The molecule has 1 fully saturated rings. The van der Waals surface area contributed by atoms with Crippen molar-refractivity contribution in [1.29, 1.82) is 0 Å². The van der Waals surface area contributed by atoms with Crippen LogP contribution < -0.4 is 4.74 Å². The number of hydrogen-bond acceptors (Lipinski definition) is 3. The number of hydrogen-bond donors (Lipinski definition) is 1. The first-order valence-corrected chi connectivity index (χ1v) is 6.76. The van der Waals surface area contributed by atoms with Gasteiger partial charge >= 0.3 is 6.18 Å². The van der Waals surface area contributed by atoms with E-state index >= 15 is 0 Å². The van der Waals surface area contributed by atoms with Crippen LogP contribution in [0.1, 0.15) is 17.8 Å². The fourth-order valence-electron chi connectivity index (χ4n) is 2.73. The van der Waals surface area contributed by atoms with Crippen LogP contribution in [0, 0.1) is 6.92 Å². The van der Waals surface area contributed by atoms with Crippen molar-refractivity contribution in [2.24, 2.45) is 0 Å². The van der Waals surface area contributed by atoms with E-state index < -0.39 is 11.7 Å². The van der Waals surface area contributed by atoms with E-state index in [0.29, 0.717) is 17.9 Å². The van der Waals surface area contributed by atoms with Crippen LogP contribution >= 0.6 is 0 Å². The molecule has 1 atom stereocenters. The van der Waals surface area contributed by atoms with Gasteiger partial charge in [0.1, 0.15) is 23.2 Å². The summed E-state index contributed by atoms with van der Waals surface area (Å²) in [6.45, 7) is 3.10. The number of rotatable bonds is 2. The van der Waals surface area contributed by atoms with Gasteiger partial charge in [0, 0.05) is 13.1 Å². The molecule has 4 nitrogen and oxygen atoms in total. The molecule has 0 amide bonds. The van der Waals surface area contributed by atoms with Gasteiger partial charge in [-0.1, -0.05) is 0 Å². The highest BCUT2D eigenvalue weighted by atomic mass is 19.4. The van der Waals surface area contributed by atoms with Crippen LogP contribution in [0.15, 0.2) is 12.1 Å².